The van der Waals surface area contributed by atoms with E-state index in [4.69, 9.17) is 5.73 Å². The Kier molecular flexibility index (Phi) is 3.73. The Bertz CT molecular complexity index is 461. The Hall–Kier alpha value is -1.86. The van der Waals surface area contributed by atoms with Gasteiger partial charge in [0.1, 0.15) is 0 Å². The molecular weight excluding hydrogens is 206 g/mol. The van der Waals surface area contributed by atoms with Crippen molar-refractivity contribution in [3.05, 3.63) is 84.4 Å². The van der Waals surface area contributed by atoms with Gasteiger partial charge in [0.15, 0.2) is 0 Å². The molecule has 0 saturated heterocycles. The summed E-state index contributed by atoms with van der Waals surface area (Å²) in [4.78, 5) is 0. The van der Waals surface area contributed by atoms with Crippen LogP contribution in [0.1, 0.15) is 23.1 Å². The van der Waals surface area contributed by atoms with Gasteiger partial charge in [-0.3, -0.25) is 0 Å². The molecule has 2 N–H and O–H groups in total. The molecule has 0 amide bonds. The SMILES string of the molecule is C=CC(c1ccccc1)C(N)c1ccccc1. The fraction of sp³-hybridized carbons (Fsp3) is 0.125. The summed E-state index contributed by atoms with van der Waals surface area (Å²) in [6.07, 6.45) is 1.92. The number of hydrogen-bond acceptors (Lipinski definition) is 1. The first-order chi connectivity index (χ1) is 8.33. The van der Waals surface area contributed by atoms with E-state index in [1.54, 1.807) is 0 Å². The van der Waals surface area contributed by atoms with E-state index in [2.05, 4.69) is 30.8 Å². The molecule has 2 atom stereocenters. The molecule has 0 saturated carbocycles. The van der Waals surface area contributed by atoms with E-state index in [1.807, 2.05) is 42.5 Å². The second kappa shape index (κ2) is 5.46. The van der Waals surface area contributed by atoms with Crippen molar-refractivity contribution in [2.75, 3.05) is 0 Å². The van der Waals surface area contributed by atoms with E-state index in [-0.39, 0.29) is 12.0 Å². The van der Waals surface area contributed by atoms with Gasteiger partial charge in [0, 0.05) is 12.0 Å². The fourth-order valence-electron chi connectivity index (χ4n) is 2.05. The van der Waals surface area contributed by atoms with E-state index >= 15 is 0 Å². The molecule has 0 fully saturated rings. The predicted octanol–water partition coefficient (Wildman–Crippen LogP) is 3.66. The maximum absolute atomic E-state index is 6.31. The second-order valence-electron chi connectivity index (χ2n) is 4.11. The lowest BCUT2D eigenvalue weighted by molar-refractivity contribution is 0.647. The number of benzene rings is 2. The number of hydrogen-bond donors (Lipinski definition) is 1. The Morgan fingerprint density at radius 1 is 0.824 bits per heavy atom. The highest BCUT2D eigenvalue weighted by Gasteiger charge is 2.17. The van der Waals surface area contributed by atoms with Crippen LogP contribution in [0.15, 0.2) is 73.3 Å². The van der Waals surface area contributed by atoms with Crippen molar-refractivity contribution >= 4 is 0 Å². The maximum atomic E-state index is 6.31. The molecule has 0 radical (unpaired) electrons. The maximum Gasteiger partial charge on any atom is 0.0399 e. The molecule has 2 aromatic rings. The van der Waals surface area contributed by atoms with Gasteiger partial charge in [-0.2, -0.15) is 0 Å². The minimum atomic E-state index is -0.0453. The lowest BCUT2D eigenvalue weighted by Crippen LogP contribution is -2.18. The predicted molar refractivity (Wildman–Crippen MR) is 72.8 cm³/mol. The molecular formula is C16H17N. The lowest BCUT2D eigenvalue weighted by Gasteiger charge is -2.21. The molecule has 17 heavy (non-hydrogen) atoms. The molecule has 1 heteroatoms. The molecule has 0 bridgehead atoms. The van der Waals surface area contributed by atoms with Gasteiger partial charge in [0.05, 0.1) is 0 Å². The van der Waals surface area contributed by atoms with Crippen LogP contribution >= 0.6 is 0 Å². The first kappa shape index (κ1) is 11.6. The number of nitrogens with two attached hydrogens (primary N) is 1. The summed E-state index contributed by atoms with van der Waals surface area (Å²) in [6.45, 7) is 3.90. The van der Waals surface area contributed by atoms with Gasteiger partial charge in [-0.25, -0.2) is 0 Å². The average molecular weight is 223 g/mol. The summed E-state index contributed by atoms with van der Waals surface area (Å²) in [7, 11) is 0. The molecule has 0 aromatic heterocycles. The zero-order chi connectivity index (χ0) is 12.1. The third kappa shape index (κ3) is 2.63. The van der Waals surface area contributed by atoms with E-state index in [0.717, 1.165) is 5.56 Å². The minimum Gasteiger partial charge on any atom is -0.323 e. The number of rotatable bonds is 4. The van der Waals surface area contributed by atoms with Crippen LogP contribution in [0.2, 0.25) is 0 Å². The Labute approximate surface area is 103 Å². The van der Waals surface area contributed by atoms with Crippen LogP contribution < -0.4 is 5.73 Å². The van der Waals surface area contributed by atoms with Gasteiger partial charge >= 0.3 is 0 Å². The first-order valence-electron chi connectivity index (χ1n) is 5.81. The van der Waals surface area contributed by atoms with Crippen LogP contribution in [0, 0.1) is 0 Å². The summed E-state index contributed by atoms with van der Waals surface area (Å²) in [5.74, 6) is 0.151. The third-order valence-electron chi connectivity index (χ3n) is 3.01. The lowest BCUT2D eigenvalue weighted by atomic mass is 9.88. The van der Waals surface area contributed by atoms with Crippen LogP contribution in [0.25, 0.3) is 0 Å². The van der Waals surface area contributed by atoms with Crippen LogP contribution in [0.5, 0.6) is 0 Å². The van der Waals surface area contributed by atoms with Crippen LogP contribution in [-0.4, -0.2) is 0 Å². The van der Waals surface area contributed by atoms with Crippen LogP contribution in [0.3, 0.4) is 0 Å². The Morgan fingerprint density at radius 2 is 1.29 bits per heavy atom. The van der Waals surface area contributed by atoms with Crippen LogP contribution in [0.4, 0.5) is 0 Å². The molecule has 1 nitrogen and oxygen atoms in total. The summed E-state index contributed by atoms with van der Waals surface area (Å²) < 4.78 is 0. The van der Waals surface area contributed by atoms with E-state index in [0.29, 0.717) is 0 Å². The summed E-state index contributed by atoms with van der Waals surface area (Å²) >= 11 is 0. The van der Waals surface area contributed by atoms with Crippen molar-refractivity contribution < 1.29 is 0 Å². The Balaban J connectivity index is 2.28. The smallest absolute Gasteiger partial charge is 0.0399 e. The van der Waals surface area contributed by atoms with Crippen molar-refractivity contribution in [1.82, 2.24) is 0 Å². The van der Waals surface area contributed by atoms with Crippen molar-refractivity contribution in [3.63, 3.8) is 0 Å². The Morgan fingerprint density at radius 3 is 1.76 bits per heavy atom. The van der Waals surface area contributed by atoms with Crippen molar-refractivity contribution in [1.29, 1.82) is 0 Å². The van der Waals surface area contributed by atoms with Gasteiger partial charge in [-0.05, 0) is 11.1 Å². The zero-order valence-electron chi connectivity index (χ0n) is 9.79. The first-order valence-corrected chi connectivity index (χ1v) is 5.81. The van der Waals surface area contributed by atoms with Gasteiger partial charge in [-0.1, -0.05) is 66.7 Å². The standard InChI is InChI=1S/C16H17N/c1-2-15(13-9-5-3-6-10-13)16(17)14-11-7-4-8-12-14/h2-12,15-16H,1,17H2. The fourth-order valence-corrected chi connectivity index (χ4v) is 2.05. The molecule has 0 heterocycles. The molecule has 2 aromatic carbocycles. The highest BCUT2D eigenvalue weighted by Crippen LogP contribution is 2.29. The van der Waals surface area contributed by atoms with Crippen molar-refractivity contribution in [2.24, 2.45) is 5.73 Å². The molecule has 0 aliphatic carbocycles. The topological polar surface area (TPSA) is 26.0 Å². The summed E-state index contributed by atoms with van der Waals surface area (Å²) in [5.41, 5.74) is 8.66. The third-order valence-corrected chi connectivity index (χ3v) is 3.01. The van der Waals surface area contributed by atoms with E-state index in [9.17, 15) is 0 Å². The molecule has 2 rings (SSSR count). The van der Waals surface area contributed by atoms with Crippen molar-refractivity contribution in [2.45, 2.75) is 12.0 Å². The van der Waals surface area contributed by atoms with Crippen molar-refractivity contribution in [3.8, 4) is 0 Å². The molecule has 0 spiro atoms. The van der Waals surface area contributed by atoms with E-state index < -0.39 is 0 Å². The zero-order valence-corrected chi connectivity index (χ0v) is 9.79. The average Bonchev–Trinajstić information content (AvgIpc) is 2.42. The largest absolute Gasteiger partial charge is 0.323 e. The molecule has 0 aliphatic heterocycles. The van der Waals surface area contributed by atoms with Gasteiger partial charge in [-0.15, -0.1) is 6.58 Å². The van der Waals surface area contributed by atoms with Crippen LogP contribution in [-0.2, 0) is 0 Å². The molecule has 86 valence electrons. The minimum absolute atomic E-state index is 0.0453. The van der Waals surface area contributed by atoms with Gasteiger partial charge in [0.2, 0.25) is 0 Å². The van der Waals surface area contributed by atoms with Gasteiger partial charge in [0.25, 0.3) is 0 Å². The quantitative estimate of drug-likeness (QED) is 0.786. The van der Waals surface area contributed by atoms with E-state index in [1.165, 1.54) is 5.56 Å². The highest BCUT2D eigenvalue weighted by molar-refractivity contribution is 5.30. The summed E-state index contributed by atoms with van der Waals surface area (Å²) in [6, 6.07) is 20.4. The summed E-state index contributed by atoms with van der Waals surface area (Å²) in [5, 5.41) is 0. The molecule has 0 aliphatic rings. The second-order valence-corrected chi connectivity index (χ2v) is 4.11. The highest BCUT2D eigenvalue weighted by atomic mass is 14.6. The normalized spacial score (nSPS) is 13.9. The molecule has 2 unspecified atom stereocenters. The monoisotopic (exact) mass is 223 g/mol. The van der Waals surface area contributed by atoms with Gasteiger partial charge < -0.3 is 5.73 Å².